The van der Waals surface area contributed by atoms with Crippen molar-refractivity contribution in [2.24, 2.45) is 5.84 Å². The minimum Gasteiger partial charge on any atom is -0.271 e. The second kappa shape index (κ2) is 7.03. The van der Waals surface area contributed by atoms with Crippen LogP contribution in [0.2, 0.25) is 5.02 Å². The van der Waals surface area contributed by atoms with Gasteiger partial charge in [0, 0.05) is 0 Å². The maximum absolute atomic E-state index is 13.2. The van der Waals surface area contributed by atoms with Gasteiger partial charge in [0.1, 0.15) is 5.82 Å². The fourth-order valence-electron chi connectivity index (χ4n) is 2.28. The molecule has 1 unspecified atom stereocenters. The zero-order chi connectivity index (χ0) is 15.4. The largest absolute Gasteiger partial charge is 0.271 e. The van der Waals surface area contributed by atoms with Crippen molar-refractivity contribution >= 4 is 11.6 Å². The molecule has 0 aliphatic heterocycles. The summed E-state index contributed by atoms with van der Waals surface area (Å²) in [4.78, 5) is 0. The Morgan fingerprint density at radius 2 is 1.71 bits per heavy atom. The van der Waals surface area contributed by atoms with Crippen molar-refractivity contribution in [2.75, 3.05) is 0 Å². The predicted octanol–water partition coefficient (Wildman–Crippen LogP) is 4.35. The summed E-state index contributed by atoms with van der Waals surface area (Å²) in [6.07, 6.45) is 0.719. The first kappa shape index (κ1) is 16.0. The molecule has 2 aromatic rings. The van der Waals surface area contributed by atoms with Crippen LogP contribution in [0.25, 0.3) is 0 Å². The Morgan fingerprint density at radius 3 is 2.24 bits per heavy atom. The molecule has 3 N–H and O–H groups in total. The molecule has 0 bridgehead atoms. The second-order valence-corrected chi connectivity index (χ2v) is 5.90. The summed E-state index contributed by atoms with van der Waals surface area (Å²) in [5, 5.41) is 0.114. The number of nitrogens with two attached hydrogens (primary N) is 1. The summed E-state index contributed by atoms with van der Waals surface area (Å²) in [5.74, 6) is 5.73. The standard InChI is InChI=1S/C17H20ClFN2/c1-11(2)13-5-3-12(4-6-13)9-17(21-20)14-7-8-16(19)15(18)10-14/h3-8,10-11,17,21H,9,20H2,1-2H3. The van der Waals surface area contributed by atoms with E-state index < -0.39 is 5.82 Å². The minimum absolute atomic E-state index is 0.104. The predicted molar refractivity (Wildman–Crippen MR) is 85.7 cm³/mol. The monoisotopic (exact) mass is 306 g/mol. The Balaban J connectivity index is 2.16. The van der Waals surface area contributed by atoms with Crippen LogP contribution in [0.5, 0.6) is 0 Å². The van der Waals surface area contributed by atoms with Gasteiger partial charge in [-0.2, -0.15) is 0 Å². The van der Waals surface area contributed by atoms with Crippen molar-refractivity contribution in [3.63, 3.8) is 0 Å². The third-order valence-electron chi connectivity index (χ3n) is 3.63. The average molecular weight is 307 g/mol. The minimum atomic E-state index is -0.419. The van der Waals surface area contributed by atoms with Gasteiger partial charge in [0.15, 0.2) is 0 Å². The van der Waals surface area contributed by atoms with Gasteiger partial charge in [-0.3, -0.25) is 11.3 Å². The van der Waals surface area contributed by atoms with Crippen LogP contribution in [0.4, 0.5) is 4.39 Å². The van der Waals surface area contributed by atoms with Gasteiger partial charge >= 0.3 is 0 Å². The quantitative estimate of drug-likeness (QED) is 0.636. The van der Waals surface area contributed by atoms with Crippen LogP contribution < -0.4 is 11.3 Å². The lowest BCUT2D eigenvalue weighted by Gasteiger charge is -2.17. The third-order valence-corrected chi connectivity index (χ3v) is 3.92. The molecule has 2 nitrogen and oxygen atoms in total. The molecule has 4 heteroatoms. The van der Waals surface area contributed by atoms with Crippen molar-refractivity contribution in [3.05, 3.63) is 70.0 Å². The molecule has 2 aromatic carbocycles. The highest BCUT2D eigenvalue weighted by Crippen LogP contribution is 2.24. The van der Waals surface area contributed by atoms with Crippen LogP contribution in [0.1, 0.15) is 42.5 Å². The van der Waals surface area contributed by atoms with Gasteiger partial charge in [-0.05, 0) is 41.2 Å². The van der Waals surface area contributed by atoms with Crippen molar-refractivity contribution in [1.29, 1.82) is 0 Å². The number of benzene rings is 2. The lowest BCUT2D eigenvalue weighted by molar-refractivity contribution is 0.549. The van der Waals surface area contributed by atoms with Gasteiger partial charge < -0.3 is 0 Å². The van der Waals surface area contributed by atoms with Gasteiger partial charge in [0.25, 0.3) is 0 Å². The van der Waals surface area contributed by atoms with E-state index >= 15 is 0 Å². The zero-order valence-corrected chi connectivity index (χ0v) is 13.0. The van der Waals surface area contributed by atoms with Crippen molar-refractivity contribution < 1.29 is 4.39 Å². The molecule has 0 amide bonds. The molecule has 0 radical (unpaired) electrons. The normalized spacial score (nSPS) is 12.7. The number of hydrogen-bond acceptors (Lipinski definition) is 2. The number of halogens is 2. The first-order valence-corrected chi connectivity index (χ1v) is 7.39. The molecule has 0 heterocycles. The van der Waals surface area contributed by atoms with E-state index in [1.165, 1.54) is 17.2 Å². The third kappa shape index (κ3) is 4.03. The molecule has 0 saturated carbocycles. The summed E-state index contributed by atoms with van der Waals surface area (Å²) < 4.78 is 13.2. The van der Waals surface area contributed by atoms with Gasteiger partial charge in [0.05, 0.1) is 11.1 Å². The number of nitrogens with one attached hydrogen (secondary N) is 1. The maximum Gasteiger partial charge on any atom is 0.141 e. The molecule has 112 valence electrons. The number of hydrazine groups is 1. The van der Waals surface area contributed by atoms with Crippen molar-refractivity contribution in [2.45, 2.75) is 32.2 Å². The molecule has 21 heavy (non-hydrogen) atoms. The van der Waals surface area contributed by atoms with E-state index in [1.54, 1.807) is 12.1 Å². The summed E-state index contributed by atoms with van der Waals surface area (Å²) >= 11 is 5.83. The highest BCUT2D eigenvalue weighted by atomic mass is 35.5. The SMILES string of the molecule is CC(C)c1ccc(CC(NN)c2ccc(F)c(Cl)c2)cc1. The Hall–Kier alpha value is -1.42. The fraction of sp³-hybridized carbons (Fsp3) is 0.294. The summed E-state index contributed by atoms with van der Waals surface area (Å²) in [6.45, 7) is 4.33. The summed E-state index contributed by atoms with van der Waals surface area (Å²) in [6, 6.07) is 13.0. The van der Waals surface area contributed by atoms with E-state index in [1.807, 2.05) is 0 Å². The van der Waals surface area contributed by atoms with E-state index in [0.29, 0.717) is 5.92 Å². The molecule has 2 rings (SSSR count). The Labute approximate surface area is 130 Å². The van der Waals surface area contributed by atoms with Crippen LogP contribution >= 0.6 is 11.6 Å². The molecule has 0 aromatic heterocycles. The van der Waals surface area contributed by atoms with E-state index in [0.717, 1.165) is 12.0 Å². The highest BCUT2D eigenvalue weighted by Gasteiger charge is 2.13. The second-order valence-electron chi connectivity index (χ2n) is 5.49. The molecule has 0 fully saturated rings. The Kier molecular flexibility index (Phi) is 5.34. The smallest absolute Gasteiger partial charge is 0.141 e. The molecular weight excluding hydrogens is 287 g/mol. The van der Waals surface area contributed by atoms with Gasteiger partial charge in [0.2, 0.25) is 0 Å². The van der Waals surface area contributed by atoms with E-state index in [9.17, 15) is 4.39 Å². The van der Waals surface area contributed by atoms with Gasteiger partial charge in [-0.1, -0.05) is 55.8 Å². The lowest BCUT2D eigenvalue weighted by atomic mass is 9.96. The molecule has 0 saturated heterocycles. The van der Waals surface area contributed by atoms with E-state index in [-0.39, 0.29) is 11.1 Å². The summed E-state index contributed by atoms with van der Waals surface area (Å²) in [7, 11) is 0. The topological polar surface area (TPSA) is 38.0 Å². The number of rotatable bonds is 5. The Morgan fingerprint density at radius 1 is 1.10 bits per heavy atom. The van der Waals surface area contributed by atoms with E-state index in [2.05, 4.69) is 43.5 Å². The van der Waals surface area contributed by atoms with Crippen molar-refractivity contribution in [3.8, 4) is 0 Å². The first-order chi connectivity index (χ1) is 10.0. The molecular formula is C17H20ClFN2. The van der Waals surface area contributed by atoms with Crippen LogP contribution in [0, 0.1) is 5.82 Å². The highest BCUT2D eigenvalue weighted by molar-refractivity contribution is 6.30. The van der Waals surface area contributed by atoms with Crippen LogP contribution in [-0.4, -0.2) is 0 Å². The fourth-order valence-corrected chi connectivity index (χ4v) is 2.47. The molecule has 0 aliphatic rings. The van der Waals surface area contributed by atoms with Crippen molar-refractivity contribution in [1.82, 2.24) is 5.43 Å². The van der Waals surface area contributed by atoms with Gasteiger partial charge in [-0.15, -0.1) is 0 Å². The van der Waals surface area contributed by atoms with Crippen LogP contribution in [0.15, 0.2) is 42.5 Å². The van der Waals surface area contributed by atoms with Crippen LogP contribution in [0.3, 0.4) is 0 Å². The first-order valence-electron chi connectivity index (χ1n) is 7.01. The average Bonchev–Trinajstić information content (AvgIpc) is 2.48. The molecule has 0 aliphatic carbocycles. The summed E-state index contributed by atoms with van der Waals surface area (Å²) in [5.41, 5.74) is 6.12. The number of hydrogen-bond donors (Lipinski definition) is 2. The molecule has 1 atom stereocenters. The zero-order valence-electron chi connectivity index (χ0n) is 12.2. The molecule has 0 spiro atoms. The Bertz CT molecular complexity index is 596. The maximum atomic E-state index is 13.2. The van der Waals surface area contributed by atoms with Crippen LogP contribution in [-0.2, 0) is 6.42 Å². The van der Waals surface area contributed by atoms with E-state index in [4.69, 9.17) is 17.4 Å². The van der Waals surface area contributed by atoms with Gasteiger partial charge in [-0.25, -0.2) is 4.39 Å². The lowest BCUT2D eigenvalue weighted by Crippen LogP contribution is -2.29.